The third-order valence-corrected chi connectivity index (χ3v) is 3.95. The number of carbonyl (C=O) groups is 1. The predicted octanol–water partition coefficient (Wildman–Crippen LogP) is -0.441. The molecule has 1 fully saturated rings. The van der Waals surface area contributed by atoms with Crippen molar-refractivity contribution in [2.75, 3.05) is 26.3 Å². The molecule has 0 saturated carbocycles. The van der Waals surface area contributed by atoms with Crippen LogP contribution in [0, 0.1) is 0 Å². The number of nitrogens with zero attached hydrogens (tertiary/aromatic N) is 1. The van der Waals surface area contributed by atoms with Crippen LogP contribution in [0.4, 0.5) is 13.2 Å². The van der Waals surface area contributed by atoms with Crippen molar-refractivity contribution in [2.24, 2.45) is 0 Å². The fraction of sp³-hybridized carbons (Fsp3) is 0.875. The Balaban J connectivity index is 2.75. The zero-order valence-electron chi connectivity index (χ0n) is 9.68. The summed E-state index contributed by atoms with van der Waals surface area (Å²) in [5, 5.41) is 8.63. The van der Waals surface area contributed by atoms with E-state index in [1.165, 1.54) is 4.72 Å². The van der Waals surface area contributed by atoms with Gasteiger partial charge >= 0.3 is 12.1 Å². The highest BCUT2D eigenvalue weighted by molar-refractivity contribution is 7.87. The van der Waals surface area contributed by atoms with Crippen LogP contribution in [-0.2, 0) is 19.7 Å². The maximum absolute atomic E-state index is 12.0. The number of rotatable bonds is 5. The molecule has 0 radical (unpaired) electrons. The van der Waals surface area contributed by atoms with Gasteiger partial charge in [-0.1, -0.05) is 0 Å². The minimum atomic E-state index is -4.68. The van der Waals surface area contributed by atoms with Crippen LogP contribution in [0.5, 0.6) is 0 Å². The van der Waals surface area contributed by atoms with E-state index in [2.05, 4.69) is 0 Å². The summed E-state index contributed by atoms with van der Waals surface area (Å²) < 4.78 is 66.4. The number of halogens is 3. The fourth-order valence-electron chi connectivity index (χ4n) is 1.57. The largest absolute Gasteiger partial charge is 0.481 e. The molecule has 7 nitrogen and oxygen atoms in total. The number of carboxylic acid groups (broad SMARTS) is 1. The van der Waals surface area contributed by atoms with Gasteiger partial charge in [-0.15, -0.1) is 0 Å². The van der Waals surface area contributed by atoms with Crippen molar-refractivity contribution in [3.8, 4) is 0 Å². The van der Waals surface area contributed by atoms with Crippen molar-refractivity contribution < 1.29 is 36.2 Å². The zero-order valence-corrected chi connectivity index (χ0v) is 10.5. The molecule has 1 unspecified atom stereocenters. The van der Waals surface area contributed by atoms with E-state index in [0.29, 0.717) is 4.31 Å². The van der Waals surface area contributed by atoms with Gasteiger partial charge in [-0.2, -0.15) is 30.6 Å². The van der Waals surface area contributed by atoms with Gasteiger partial charge in [0.1, 0.15) is 6.54 Å². The van der Waals surface area contributed by atoms with Crippen molar-refractivity contribution in [1.82, 2.24) is 9.03 Å². The van der Waals surface area contributed by atoms with Crippen LogP contribution in [0.1, 0.15) is 6.42 Å². The van der Waals surface area contributed by atoms with Gasteiger partial charge < -0.3 is 9.84 Å². The highest BCUT2D eigenvalue weighted by Gasteiger charge is 2.37. The summed E-state index contributed by atoms with van der Waals surface area (Å²) in [6.45, 7) is -2.06. The van der Waals surface area contributed by atoms with E-state index in [0.717, 1.165) is 0 Å². The van der Waals surface area contributed by atoms with Gasteiger partial charge in [0.05, 0.1) is 25.7 Å². The average Bonchev–Trinajstić information content (AvgIpc) is 2.25. The molecular formula is C8H13F3N2O5S. The Bertz CT molecular complexity index is 425. The van der Waals surface area contributed by atoms with Crippen molar-refractivity contribution >= 4 is 16.2 Å². The lowest BCUT2D eigenvalue weighted by atomic mass is 10.2. The van der Waals surface area contributed by atoms with E-state index in [4.69, 9.17) is 9.84 Å². The van der Waals surface area contributed by atoms with E-state index in [1.807, 2.05) is 0 Å². The summed E-state index contributed by atoms with van der Waals surface area (Å²) in [4.78, 5) is 10.6. The molecular weight excluding hydrogens is 293 g/mol. The summed E-state index contributed by atoms with van der Waals surface area (Å²) in [6.07, 6.45) is -5.21. The number of carboxylic acids is 1. The molecule has 0 aromatic heterocycles. The van der Waals surface area contributed by atoms with Gasteiger partial charge in [-0.3, -0.25) is 4.79 Å². The molecule has 0 aromatic carbocycles. The van der Waals surface area contributed by atoms with Crippen LogP contribution in [0.25, 0.3) is 0 Å². The maximum atomic E-state index is 12.0. The summed E-state index contributed by atoms with van der Waals surface area (Å²) in [5.74, 6) is -1.26. The number of hydrogen-bond donors (Lipinski definition) is 2. The minimum Gasteiger partial charge on any atom is -0.481 e. The normalized spacial score (nSPS) is 22.4. The first-order chi connectivity index (χ1) is 8.62. The molecule has 0 bridgehead atoms. The van der Waals surface area contributed by atoms with Crippen LogP contribution in [0.3, 0.4) is 0 Å². The Labute approximate surface area is 107 Å². The Hall–Kier alpha value is -0.910. The SMILES string of the molecule is O=C(O)CC1COCCN1S(=O)(=O)NCC(F)(F)F. The standard InChI is InChI=1S/C8H13F3N2O5S/c9-8(10,11)5-12-19(16,17)13-1-2-18-4-6(13)3-7(14)15/h6,12H,1-5H2,(H,14,15). The lowest BCUT2D eigenvalue weighted by molar-refractivity contribution is -0.139. The smallest absolute Gasteiger partial charge is 0.402 e. The van der Waals surface area contributed by atoms with Crippen LogP contribution >= 0.6 is 0 Å². The molecule has 1 aliphatic heterocycles. The molecule has 1 heterocycles. The molecule has 19 heavy (non-hydrogen) atoms. The second kappa shape index (κ2) is 6.03. The molecule has 11 heteroatoms. The molecule has 1 atom stereocenters. The number of hydrogen-bond acceptors (Lipinski definition) is 4. The molecule has 1 saturated heterocycles. The number of morpholine rings is 1. The molecule has 0 spiro atoms. The van der Waals surface area contributed by atoms with Crippen molar-refractivity contribution in [3.63, 3.8) is 0 Å². The first kappa shape index (κ1) is 16.1. The Kier molecular flexibility index (Phi) is 5.12. The maximum Gasteiger partial charge on any atom is 0.402 e. The highest BCUT2D eigenvalue weighted by Crippen LogP contribution is 2.17. The summed E-state index contributed by atoms with van der Waals surface area (Å²) in [5.41, 5.74) is 0. The molecule has 1 aliphatic rings. The first-order valence-corrected chi connectivity index (χ1v) is 6.68. The van der Waals surface area contributed by atoms with Gasteiger partial charge in [-0.25, -0.2) is 0 Å². The van der Waals surface area contributed by atoms with Gasteiger partial charge in [-0.05, 0) is 0 Å². The number of nitrogens with one attached hydrogen (secondary N) is 1. The number of aliphatic carboxylic acids is 1. The average molecular weight is 306 g/mol. The second-order valence-corrected chi connectivity index (χ2v) is 5.59. The molecule has 1 rings (SSSR count). The van der Waals surface area contributed by atoms with E-state index in [-0.39, 0.29) is 19.8 Å². The van der Waals surface area contributed by atoms with Crippen LogP contribution in [-0.4, -0.2) is 62.3 Å². The Morgan fingerprint density at radius 3 is 2.63 bits per heavy atom. The zero-order chi connectivity index (χ0) is 14.7. The lowest BCUT2D eigenvalue weighted by Gasteiger charge is -2.33. The van der Waals surface area contributed by atoms with E-state index in [9.17, 15) is 26.4 Å². The molecule has 0 aliphatic carbocycles. The summed E-state index contributed by atoms with van der Waals surface area (Å²) in [7, 11) is -4.39. The summed E-state index contributed by atoms with van der Waals surface area (Å²) >= 11 is 0. The van der Waals surface area contributed by atoms with E-state index < -0.39 is 41.4 Å². The van der Waals surface area contributed by atoms with Crippen molar-refractivity contribution in [2.45, 2.75) is 18.6 Å². The topological polar surface area (TPSA) is 95.9 Å². The van der Waals surface area contributed by atoms with Gasteiger partial charge in [0.15, 0.2) is 0 Å². The lowest BCUT2D eigenvalue weighted by Crippen LogP contribution is -2.54. The molecule has 0 amide bonds. The molecule has 2 N–H and O–H groups in total. The summed E-state index contributed by atoms with van der Waals surface area (Å²) in [6, 6.07) is -1.02. The first-order valence-electron chi connectivity index (χ1n) is 5.24. The monoisotopic (exact) mass is 306 g/mol. The van der Waals surface area contributed by atoms with Gasteiger partial charge in [0, 0.05) is 6.54 Å². The fourth-order valence-corrected chi connectivity index (χ4v) is 2.93. The quantitative estimate of drug-likeness (QED) is 0.718. The third-order valence-electron chi connectivity index (χ3n) is 2.35. The number of alkyl halides is 3. The second-order valence-electron chi connectivity index (χ2n) is 3.88. The van der Waals surface area contributed by atoms with E-state index >= 15 is 0 Å². The predicted molar refractivity (Wildman–Crippen MR) is 56.5 cm³/mol. The molecule has 112 valence electrons. The van der Waals surface area contributed by atoms with Crippen molar-refractivity contribution in [1.29, 1.82) is 0 Å². The van der Waals surface area contributed by atoms with Gasteiger partial charge in [0.25, 0.3) is 10.2 Å². The third kappa shape index (κ3) is 5.30. The minimum absolute atomic E-state index is 0.00302. The van der Waals surface area contributed by atoms with Crippen LogP contribution < -0.4 is 4.72 Å². The van der Waals surface area contributed by atoms with Crippen molar-refractivity contribution in [3.05, 3.63) is 0 Å². The highest BCUT2D eigenvalue weighted by atomic mass is 32.2. The van der Waals surface area contributed by atoms with E-state index in [1.54, 1.807) is 0 Å². The van der Waals surface area contributed by atoms with Crippen LogP contribution in [0.15, 0.2) is 0 Å². The number of ether oxygens (including phenoxy) is 1. The van der Waals surface area contributed by atoms with Crippen LogP contribution in [0.2, 0.25) is 0 Å². The Morgan fingerprint density at radius 2 is 2.11 bits per heavy atom. The Morgan fingerprint density at radius 1 is 1.47 bits per heavy atom. The van der Waals surface area contributed by atoms with Gasteiger partial charge in [0.2, 0.25) is 0 Å². The molecule has 0 aromatic rings.